The Morgan fingerprint density at radius 3 is 2.42 bits per heavy atom. The number of nitrogens with zero attached hydrogens (tertiary/aromatic N) is 3. The van der Waals surface area contributed by atoms with Gasteiger partial charge in [-0.15, -0.1) is 11.8 Å². The summed E-state index contributed by atoms with van der Waals surface area (Å²) in [6, 6.07) is -30.3. The number of methoxy groups -OCH3 is 1. The van der Waals surface area contributed by atoms with E-state index in [-0.39, 0.29) is 4.57 Å². The van der Waals surface area contributed by atoms with Crippen molar-refractivity contribution < 1.29 is 79.5 Å². The second kappa shape index (κ2) is 16.7. The Labute approximate surface area is 358 Å². The van der Waals surface area contributed by atoms with Crippen molar-refractivity contribution in [3.63, 3.8) is 0 Å². The van der Waals surface area contributed by atoms with Gasteiger partial charge in [-0.3, -0.25) is 9.59 Å². The van der Waals surface area contributed by atoms with E-state index in [4.69, 9.17) is 38.4 Å². The lowest BCUT2D eigenvalue weighted by Crippen LogP contribution is -2.48. The highest BCUT2D eigenvalue weighted by Gasteiger charge is 2.31. The summed E-state index contributed by atoms with van der Waals surface area (Å²) >= 11 is -0.740. The summed E-state index contributed by atoms with van der Waals surface area (Å²) in [6.07, 6.45) is -16.2. The van der Waals surface area contributed by atoms with Crippen molar-refractivity contribution >= 4 is 28.6 Å². The van der Waals surface area contributed by atoms with Crippen molar-refractivity contribution in [2.45, 2.75) is 55.6 Å². The lowest BCUT2D eigenvalue weighted by Gasteiger charge is -2.39. The molecule has 6 nitrogen and oxygen atoms in total. The minimum absolute atomic E-state index is 0.0688. The molecule has 12 heteroatoms. The summed E-state index contributed by atoms with van der Waals surface area (Å²) in [5, 5.41) is -2.79. The molecular weight excluding hydrogens is 710 g/mol. The number of hydrogen-bond donors (Lipinski definition) is 0. The highest BCUT2D eigenvalue weighted by molar-refractivity contribution is 7.98. The van der Waals surface area contributed by atoms with E-state index in [0.717, 1.165) is 6.92 Å². The predicted octanol–water partition coefficient (Wildman–Crippen LogP) is 8.71. The Hall–Kier alpha value is -4.52. The zero-order valence-electron chi connectivity index (χ0n) is 61.1. The van der Waals surface area contributed by atoms with Crippen LogP contribution in [0.2, 0.25) is 0 Å². The van der Waals surface area contributed by atoms with Gasteiger partial charge >= 0.3 is 6.18 Å². The van der Waals surface area contributed by atoms with Crippen LogP contribution in [-0.2, 0) is 34.5 Å². The van der Waals surface area contributed by atoms with Crippen LogP contribution in [0.4, 0.5) is 22.0 Å². The van der Waals surface area contributed by atoms with E-state index in [1.54, 1.807) is 0 Å². The summed E-state index contributed by atoms with van der Waals surface area (Å²) in [5.74, 6) is -7.39. The first kappa shape index (κ1) is 14.0. The van der Waals surface area contributed by atoms with Crippen LogP contribution in [0.3, 0.4) is 0 Å². The molecule has 0 unspecified atom stereocenters. The number of alkyl halides is 3. The number of likely N-dealkylation sites (tertiary alicyclic amines) is 1. The molecule has 1 aliphatic rings. The van der Waals surface area contributed by atoms with Crippen molar-refractivity contribution in [3.8, 4) is 11.1 Å². The van der Waals surface area contributed by atoms with E-state index in [0.29, 0.717) is 0 Å². The van der Waals surface area contributed by atoms with E-state index < -0.39 is 261 Å². The maximum Gasteiger partial charge on any atom is 0.416 e. The van der Waals surface area contributed by atoms with Crippen molar-refractivity contribution in [2.75, 3.05) is 33.1 Å². The molecule has 0 atom stereocenters. The maximum absolute atomic E-state index is 16.0. The van der Waals surface area contributed by atoms with Gasteiger partial charge in [-0.1, -0.05) is 59.9 Å². The number of thioether (sulfide) groups is 1. The van der Waals surface area contributed by atoms with Gasteiger partial charge in [-0.05, 0) is 66.6 Å². The summed E-state index contributed by atoms with van der Waals surface area (Å²) in [5.41, 5.74) is -16.8. The summed E-state index contributed by atoms with van der Waals surface area (Å²) in [6.45, 7) is -26.2. The third kappa shape index (κ3) is 9.17. The Kier molecular flexibility index (Phi) is 4.39. The SMILES string of the molecule is [2H]c1c([2H])c(F)c(F)c(C([2H])([2H])Sc2c([2H])c(=O)c3c([2H])c(C)c([2H])c([2H])c3n2CC(=O)N(C([2H])([2H])c2c([2H])c([2H])c(-c3c([2H])c([2H])c(C(F)(F)F)c([2H])c3[2H])c([2H])c2[2H])C2([2H])C([2H])([2H])C([2H])([2H])N(C([2H])([2H])C([2H])([2H])OC([2H])([2H])[2H])C([2H])([2H])C2([2H])[2H])c1[2H]. The molecule has 0 bridgehead atoms. The van der Waals surface area contributed by atoms with Crippen molar-refractivity contribution in [2.24, 2.45) is 0 Å². The monoisotopic (exact) mass is 784 g/mol. The van der Waals surface area contributed by atoms with Gasteiger partial charge in [0.2, 0.25) is 5.91 Å². The maximum atomic E-state index is 16.0. The summed E-state index contributed by atoms with van der Waals surface area (Å²) in [4.78, 5) is 27.6. The second-order valence-electron chi connectivity index (χ2n) is 9.96. The van der Waals surface area contributed by atoms with Gasteiger partial charge < -0.3 is 19.1 Å². The van der Waals surface area contributed by atoms with E-state index in [1.807, 2.05) is 0 Å². The Morgan fingerprint density at radius 1 is 1.04 bits per heavy atom. The lowest BCUT2D eigenvalue weighted by atomic mass is 10.00. The predicted molar refractivity (Wildman–Crippen MR) is 198 cm³/mol. The fraction of sp³-hybridized carbons (Fsp3) is 0.317. The second-order valence-corrected chi connectivity index (χ2v) is 10.8. The van der Waals surface area contributed by atoms with Gasteiger partial charge in [0, 0.05) is 78.2 Å². The van der Waals surface area contributed by atoms with E-state index in [2.05, 4.69) is 4.74 Å². The number of carbonyl (C=O) groups is 1. The number of carbonyl (C=O) groups excluding carboxylic acids is 1. The third-order valence-corrected chi connectivity index (χ3v) is 7.28. The van der Waals surface area contributed by atoms with E-state index >= 15 is 13.6 Å². The standard InChI is InChI=1S/C41H40F5N3O3S/c1-27-6-15-36-34(22-27)37(50)23-39(53-26-31-4-3-5-35(42)40(31)43)49(36)25-38(51)48(33-16-18-47(19-17-33)20-21-52-2)24-28-7-9-29(10-8-28)30-11-13-32(14-12-30)41(44,45)46/h3-15,22-23,33H,16-21,24-26H2,1-2H3/i2D3,3D,4D,5D,6D,7D,8D,9D,10D,11D,12D,13D,14D,15D,16D2,17D2,18D2,19D2,20D2,21D2,22D,23D,24D2,26D2,33D. The average molecular weight is 785 g/mol. The summed E-state index contributed by atoms with van der Waals surface area (Å²) < 4.78 is 381. The molecule has 2 heterocycles. The minimum atomic E-state index is -5.64. The molecule has 53 heavy (non-hydrogen) atoms. The molecule has 1 aliphatic heterocycles. The van der Waals surface area contributed by atoms with Crippen LogP contribution in [0, 0.1) is 18.6 Å². The van der Waals surface area contributed by atoms with Gasteiger partial charge in [-0.2, -0.15) is 13.2 Å². The number of aromatic nitrogens is 1. The molecule has 1 fully saturated rings. The number of halogens is 5. The highest BCUT2D eigenvalue weighted by Crippen LogP contribution is 2.32. The number of benzene rings is 4. The highest BCUT2D eigenvalue weighted by atomic mass is 32.2. The van der Waals surface area contributed by atoms with Crippen LogP contribution in [0.1, 0.15) is 83.0 Å². The normalized spacial score (nSPS) is 29.4. The zero-order chi connectivity index (χ0) is 68.5. The quantitative estimate of drug-likeness (QED) is 0.0937. The molecule has 1 amide bonds. The van der Waals surface area contributed by atoms with Gasteiger partial charge in [0.25, 0.3) is 0 Å². The molecule has 278 valence electrons. The number of hydrogen-bond acceptors (Lipinski definition) is 5. The Bertz CT molecular complexity index is 3760. The van der Waals surface area contributed by atoms with Crippen LogP contribution in [0.5, 0.6) is 0 Å². The van der Waals surface area contributed by atoms with Gasteiger partial charge in [-0.25, -0.2) is 8.78 Å². The lowest BCUT2D eigenvalue weighted by molar-refractivity contribution is -0.137. The van der Waals surface area contributed by atoms with Crippen LogP contribution in [-0.4, -0.2) is 59.4 Å². The number of fused-ring (bicyclic) bond motifs is 1. The third-order valence-electron chi connectivity index (χ3n) is 6.46. The molecule has 0 saturated carbocycles. The molecule has 5 aromatic rings. The first-order valence-electron chi connectivity index (χ1n) is 31.6. The van der Waals surface area contributed by atoms with Crippen LogP contribution in [0.15, 0.2) is 100 Å². The minimum Gasteiger partial charge on any atom is -0.383 e. The molecule has 6 rings (SSSR count). The van der Waals surface area contributed by atoms with Crippen LogP contribution in [0.25, 0.3) is 22.0 Å². The summed E-state index contributed by atoms with van der Waals surface area (Å²) in [7, 11) is -4.07. The van der Waals surface area contributed by atoms with E-state index in [1.165, 1.54) is 0 Å². The van der Waals surface area contributed by atoms with E-state index in [9.17, 15) is 27.6 Å². The number of rotatable bonds is 12. The molecule has 4 aromatic carbocycles. The van der Waals surface area contributed by atoms with Crippen LogP contribution < -0.4 is 5.43 Å². The van der Waals surface area contributed by atoms with Gasteiger partial charge in [0.1, 0.15) is 6.54 Å². The average Bonchev–Trinajstić information content (AvgIpc) is 0.656. The first-order chi connectivity index (χ1) is 39.2. The van der Waals surface area contributed by atoms with Crippen molar-refractivity contribution in [1.82, 2.24) is 14.4 Å². The first-order valence-corrected chi connectivity index (χ1v) is 14.9. The van der Waals surface area contributed by atoms with Gasteiger partial charge in [0.15, 0.2) is 17.1 Å². The molecule has 0 radical (unpaired) electrons. The van der Waals surface area contributed by atoms with Crippen molar-refractivity contribution in [3.05, 3.63) is 135 Å². The number of pyridine rings is 1. The van der Waals surface area contributed by atoms with Crippen LogP contribution >= 0.6 is 11.8 Å². The number of ether oxygens (including phenoxy) is 1. The Balaban J connectivity index is 1.85. The molecule has 0 N–H and O–H groups in total. The molecule has 1 aromatic heterocycles. The molecule has 1 saturated heterocycles. The van der Waals surface area contributed by atoms with Crippen molar-refractivity contribution in [1.29, 1.82) is 0 Å². The van der Waals surface area contributed by atoms with Gasteiger partial charge in [0.05, 0.1) is 54.2 Å². The smallest absolute Gasteiger partial charge is 0.383 e. The largest absolute Gasteiger partial charge is 0.416 e. The Morgan fingerprint density at radius 2 is 1.74 bits per heavy atom. The number of piperidine rings is 1. The fourth-order valence-corrected chi connectivity index (χ4v) is 4.85. The molecule has 0 spiro atoms. The number of amides is 1. The topological polar surface area (TPSA) is 54.8 Å². The molecule has 0 aliphatic carbocycles. The zero-order valence-corrected chi connectivity index (χ0v) is 26.9. The fourth-order valence-electron chi connectivity index (χ4n) is 4.10. The molecular formula is C41H40F5N3O3S.